The van der Waals surface area contributed by atoms with Gasteiger partial charge in [-0.2, -0.15) is 0 Å². The first-order valence-corrected chi connectivity index (χ1v) is 4.36. The molecule has 0 aliphatic carbocycles. The topological polar surface area (TPSA) is 17.1 Å². The molecule has 1 aromatic carbocycles. The number of ketones is 1. The average molecular weight is 180 g/mol. The van der Waals surface area contributed by atoms with E-state index in [9.17, 15) is 9.18 Å². The van der Waals surface area contributed by atoms with Crippen molar-refractivity contribution in [3.63, 3.8) is 0 Å². The third-order valence-corrected chi connectivity index (χ3v) is 2.28. The third-order valence-electron chi connectivity index (χ3n) is 2.28. The molecule has 0 aliphatic rings. The molecule has 0 N–H and O–H groups in total. The molecule has 1 rings (SSSR count). The minimum absolute atomic E-state index is 0.126. The van der Waals surface area contributed by atoms with Gasteiger partial charge in [-0.05, 0) is 31.0 Å². The summed E-state index contributed by atoms with van der Waals surface area (Å²) in [6, 6.07) is 3.04. The summed E-state index contributed by atoms with van der Waals surface area (Å²) in [6.07, 6.45) is 0.348. The summed E-state index contributed by atoms with van der Waals surface area (Å²) in [6.45, 7) is 5.39. The Morgan fingerprint density at radius 2 is 2.00 bits per heavy atom. The van der Waals surface area contributed by atoms with E-state index in [0.717, 1.165) is 11.1 Å². The Morgan fingerprint density at radius 3 is 2.54 bits per heavy atom. The quantitative estimate of drug-likeness (QED) is 0.639. The first-order valence-electron chi connectivity index (χ1n) is 4.36. The van der Waals surface area contributed by atoms with Crippen LogP contribution in [0.25, 0.3) is 0 Å². The van der Waals surface area contributed by atoms with Crippen molar-refractivity contribution < 1.29 is 9.18 Å². The molecule has 1 nitrogen and oxygen atoms in total. The van der Waals surface area contributed by atoms with E-state index in [4.69, 9.17) is 0 Å². The molecular formula is C11H13FO. The Bertz CT molecular complexity index is 342. The van der Waals surface area contributed by atoms with Gasteiger partial charge in [0.05, 0.1) is 5.56 Å². The van der Waals surface area contributed by atoms with Gasteiger partial charge in [-0.25, -0.2) is 4.39 Å². The van der Waals surface area contributed by atoms with Crippen LogP contribution in [0.15, 0.2) is 12.1 Å². The van der Waals surface area contributed by atoms with E-state index >= 15 is 0 Å². The average Bonchev–Trinajstić information content (AvgIpc) is 2.12. The fraction of sp³-hybridized carbons (Fsp3) is 0.364. The van der Waals surface area contributed by atoms with E-state index in [-0.39, 0.29) is 11.3 Å². The summed E-state index contributed by atoms with van der Waals surface area (Å²) in [5.41, 5.74) is 1.97. The standard InChI is InChI=1S/C11H13FO/c1-4-10(13)11-8(3)7(2)5-6-9(11)12/h5-6H,4H2,1-3H3. The normalized spacial score (nSPS) is 10.2. The largest absolute Gasteiger partial charge is 0.294 e. The second-order valence-corrected chi connectivity index (χ2v) is 3.14. The highest BCUT2D eigenvalue weighted by Crippen LogP contribution is 2.18. The summed E-state index contributed by atoms with van der Waals surface area (Å²) < 4.78 is 13.2. The number of hydrogen-bond acceptors (Lipinski definition) is 1. The Kier molecular flexibility index (Phi) is 2.81. The number of hydrogen-bond donors (Lipinski definition) is 0. The summed E-state index contributed by atoms with van der Waals surface area (Å²) in [5.74, 6) is -0.534. The number of Topliss-reactive ketones (excluding diaryl/α,β-unsaturated/α-hetero) is 1. The number of benzene rings is 1. The van der Waals surface area contributed by atoms with E-state index in [1.54, 1.807) is 19.9 Å². The Balaban J connectivity index is 3.33. The van der Waals surface area contributed by atoms with Crippen LogP contribution in [-0.4, -0.2) is 5.78 Å². The minimum atomic E-state index is -0.407. The molecule has 13 heavy (non-hydrogen) atoms. The lowest BCUT2D eigenvalue weighted by Gasteiger charge is -2.07. The highest BCUT2D eigenvalue weighted by atomic mass is 19.1. The smallest absolute Gasteiger partial charge is 0.165 e. The first-order chi connectivity index (χ1) is 6.07. The van der Waals surface area contributed by atoms with Gasteiger partial charge in [0.25, 0.3) is 0 Å². The molecule has 0 aliphatic heterocycles. The fourth-order valence-corrected chi connectivity index (χ4v) is 1.30. The third kappa shape index (κ3) is 1.77. The molecular weight excluding hydrogens is 167 g/mol. The number of halogens is 1. The van der Waals surface area contributed by atoms with E-state index < -0.39 is 5.82 Å². The van der Waals surface area contributed by atoms with Gasteiger partial charge in [-0.1, -0.05) is 13.0 Å². The van der Waals surface area contributed by atoms with Crippen LogP contribution in [0.5, 0.6) is 0 Å². The van der Waals surface area contributed by atoms with Gasteiger partial charge in [0, 0.05) is 6.42 Å². The van der Waals surface area contributed by atoms with Crippen LogP contribution in [0.3, 0.4) is 0 Å². The molecule has 2 heteroatoms. The van der Waals surface area contributed by atoms with Gasteiger partial charge in [-0.3, -0.25) is 4.79 Å². The summed E-state index contributed by atoms with van der Waals surface area (Å²) in [4.78, 5) is 11.4. The lowest BCUT2D eigenvalue weighted by atomic mass is 9.98. The lowest BCUT2D eigenvalue weighted by Crippen LogP contribution is -2.04. The highest BCUT2D eigenvalue weighted by Gasteiger charge is 2.13. The zero-order chi connectivity index (χ0) is 10.0. The number of aryl methyl sites for hydroxylation is 1. The molecule has 0 saturated carbocycles. The number of carbonyl (C=O) groups excluding carboxylic acids is 1. The predicted molar refractivity (Wildman–Crippen MR) is 50.5 cm³/mol. The molecule has 0 bridgehead atoms. The van der Waals surface area contributed by atoms with Crippen molar-refractivity contribution >= 4 is 5.78 Å². The predicted octanol–water partition coefficient (Wildman–Crippen LogP) is 3.04. The van der Waals surface area contributed by atoms with Gasteiger partial charge in [-0.15, -0.1) is 0 Å². The molecule has 0 saturated heterocycles. The van der Waals surface area contributed by atoms with Crippen LogP contribution in [-0.2, 0) is 0 Å². The molecule has 0 aromatic heterocycles. The van der Waals surface area contributed by atoms with Gasteiger partial charge >= 0.3 is 0 Å². The molecule has 0 heterocycles. The maximum atomic E-state index is 13.2. The van der Waals surface area contributed by atoms with Crippen molar-refractivity contribution in [2.24, 2.45) is 0 Å². The molecule has 0 radical (unpaired) electrons. The second-order valence-electron chi connectivity index (χ2n) is 3.14. The van der Waals surface area contributed by atoms with Crippen molar-refractivity contribution in [3.05, 3.63) is 34.6 Å². The van der Waals surface area contributed by atoms with Crippen molar-refractivity contribution in [1.29, 1.82) is 0 Å². The number of carbonyl (C=O) groups is 1. The highest BCUT2D eigenvalue weighted by molar-refractivity contribution is 5.97. The van der Waals surface area contributed by atoms with Gasteiger partial charge in [0.15, 0.2) is 5.78 Å². The zero-order valence-electron chi connectivity index (χ0n) is 8.15. The SMILES string of the molecule is CCC(=O)c1c(F)ccc(C)c1C. The van der Waals surface area contributed by atoms with Gasteiger partial charge in [0.2, 0.25) is 0 Å². The Morgan fingerprint density at radius 1 is 1.38 bits per heavy atom. The van der Waals surface area contributed by atoms with Crippen molar-refractivity contribution in [1.82, 2.24) is 0 Å². The molecule has 0 unspecified atom stereocenters. The van der Waals surface area contributed by atoms with E-state index in [1.807, 2.05) is 6.92 Å². The molecule has 0 fully saturated rings. The second kappa shape index (κ2) is 3.69. The fourth-order valence-electron chi connectivity index (χ4n) is 1.30. The van der Waals surface area contributed by atoms with Crippen LogP contribution in [0.1, 0.15) is 34.8 Å². The summed E-state index contributed by atoms with van der Waals surface area (Å²) >= 11 is 0. The minimum Gasteiger partial charge on any atom is -0.294 e. The molecule has 0 atom stereocenters. The van der Waals surface area contributed by atoms with Crippen molar-refractivity contribution in [2.45, 2.75) is 27.2 Å². The number of rotatable bonds is 2. The van der Waals surface area contributed by atoms with E-state index in [1.165, 1.54) is 6.07 Å². The monoisotopic (exact) mass is 180 g/mol. The Hall–Kier alpha value is -1.18. The Labute approximate surface area is 77.6 Å². The van der Waals surface area contributed by atoms with E-state index in [2.05, 4.69) is 0 Å². The summed E-state index contributed by atoms with van der Waals surface area (Å²) in [5, 5.41) is 0. The van der Waals surface area contributed by atoms with Crippen LogP contribution < -0.4 is 0 Å². The maximum Gasteiger partial charge on any atom is 0.165 e. The van der Waals surface area contributed by atoms with Crippen molar-refractivity contribution in [3.8, 4) is 0 Å². The molecule has 70 valence electrons. The first kappa shape index (κ1) is 9.90. The summed E-state index contributed by atoms with van der Waals surface area (Å²) in [7, 11) is 0. The van der Waals surface area contributed by atoms with Crippen LogP contribution >= 0.6 is 0 Å². The van der Waals surface area contributed by atoms with Gasteiger partial charge in [0.1, 0.15) is 5.82 Å². The maximum absolute atomic E-state index is 13.2. The molecule has 1 aromatic rings. The van der Waals surface area contributed by atoms with Crippen LogP contribution in [0.4, 0.5) is 4.39 Å². The lowest BCUT2D eigenvalue weighted by molar-refractivity contribution is 0.0983. The van der Waals surface area contributed by atoms with Crippen molar-refractivity contribution in [2.75, 3.05) is 0 Å². The zero-order valence-corrected chi connectivity index (χ0v) is 8.15. The van der Waals surface area contributed by atoms with Crippen LogP contribution in [0, 0.1) is 19.7 Å². The van der Waals surface area contributed by atoms with Crippen LogP contribution in [0.2, 0.25) is 0 Å². The van der Waals surface area contributed by atoms with E-state index in [0.29, 0.717) is 6.42 Å². The molecule has 0 spiro atoms. The molecule has 0 amide bonds. The van der Waals surface area contributed by atoms with Gasteiger partial charge < -0.3 is 0 Å².